The molecule has 29 heavy (non-hydrogen) atoms. The van der Waals surface area contributed by atoms with Crippen LogP contribution in [0.1, 0.15) is 22.2 Å². The van der Waals surface area contributed by atoms with Gasteiger partial charge in [-0.25, -0.2) is 23.4 Å². The van der Waals surface area contributed by atoms with Crippen LogP contribution in [0.25, 0.3) is 15.1 Å². The van der Waals surface area contributed by atoms with Crippen molar-refractivity contribution in [2.24, 2.45) is 0 Å². The van der Waals surface area contributed by atoms with E-state index in [0.717, 1.165) is 4.70 Å². The van der Waals surface area contributed by atoms with E-state index in [0.29, 0.717) is 32.2 Å². The van der Waals surface area contributed by atoms with Gasteiger partial charge in [-0.05, 0) is 24.6 Å². The summed E-state index contributed by atoms with van der Waals surface area (Å²) < 4.78 is 44.0. The molecule has 2 aromatic rings. The Hall–Kier alpha value is -2.38. The second-order valence-corrected chi connectivity index (χ2v) is 9.21. The summed E-state index contributed by atoms with van der Waals surface area (Å²) >= 11 is 2.56. The van der Waals surface area contributed by atoms with Crippen LogP contribution in [0.3, 0.4) is 0 Å². The van der Waals surface area contributed by atoms with Crippen LogP contribution >= 0.6 is 22.7 Å². The molecule has 1 aliphatic carbocycles. The zero-order chi connectivity index (χ0) is 20.8. The van der Waals surface area contributed by atoms with Gasteiger partial charge in [-0.2, -0.15) is 0 Å². The lowest BCUT2D eigenvalue weighted by molar-refractivity contribution is -0.0133. The van der Waals surface area contributed by atoms with Gasteiger partial charge in [0.25, 0.3) is 12.6 Å². The summed E-state index contributed by atoms with van der Waals surface area (Å²) in [6, 6.07) is 1.75. The average molecular weight is 432 g/mol. The van der Waals surface area contributed by atoms with Gasteiger partial charge in [0.05, 0.1) is 16.3 Å². The van der Waals surface area contributed by atoms with Crippen molar-refractivity contribution in [3.05, 3.63) is 45.7 Å². The molecule has 1 atom stereocenters. The van der Waals surface area contributed by atoms with Crippen LogP contribution in [0.5, 0.6) is 0 Å². The first kappa shape index (κ1) is 19.9. The lowest BCUT2D eigenvalue weighted by atomic mass is 9.40. The highest BCUT2D eigenvalue weighted by molar-refractivity contribution is 7.27. The molecule has 3 heterocycles. The van der Waals surface area contributed by atoms with E-state index >= 15 is 0 Å². The summed E-state index contributed by atoms with van der Waals surface area (Å²) in [6.45, 7) is -0.592. The lowest BCUT2D eigenvalue weighted by Gasteiger charge is -2.31. The van der Waals surface area contributed by atoms with Crippen molar-refractivity contribution >= 4 is 50.2 Å². The molecule has 1 aliphatic heterocycles. The number of halogens is 3. The van der Waals surface area contributed by atoms with Crippen LogP contribution in [0.4, 0.5) is 13.2 Å². The van der Waals surface area contributed by atoms with Crippen LogP contribution < -0.4 is 5.32 Å². The number of allylic oxidation sites excluding steroid dienone is 5. The van der Waals surface area contributed by atoms with Crippen LogP contribution in [0.2, 0.25) is 12.6 Å². The van der Waals surface area contributed by atoms with Crippen molar-refractivity contribution in [2.75, 3.05) is 7.05 Å². The standard InChI is InChI=1S/C19H16BF3N4S2/c1-26-7-11-4-10(5-13(21)16(11)25)17-27-18-15(29-17)6-14(28-18)12-2-3-20(9-24)8-19(12,22)23/h4-7,12,25-26H,2-3,8H2,1H3/b11-7-,25-16?. The number of rotatable bonds is 3. The zero-order valence-corrected chi connectivity index (χ0v) is 17.1. The fourth-order valence-electron chi connectivity index (χ4n) is 3.68. The maximum absolute atomic E-state index is 14.5. The Morgan fingerprint density at radius 1 is 1.41 bits per heavy atom. The molecule has 0 saturated carbocycles. The molecule has 0 bridgehead atoms. The lowest BCUT2D eigenvalue weighted by Crippen LogP contribution is -2.36. The second-order valence-electron chi connectivity index (χ2n) is 7.11. The number of fused-ring (bicyclic) bond motifs is 1. The van der Waals surface area contributed by atoms with E-state index in [9.17, 15) is 13.2 Å². The number of hydrogen-bond donors (Lipinski definition) is 2. The smallest absolute Gasteiger partial charge is 0.273 e. The Balaban J connectivity index is 1.64. The van der Waals surface area contributed by atoms with E-state index in [1.807, 2.05) is 5.97 Å². The molecule has 4 nitrogen and oxygen atoms in total. The van der Waals surface area contributed by atoms with Gasteiger partial charge >= 0.3 is 0 Å². The van der Waals surface area contributed by atoms with Crippen molar-refractivity contribution in [1.82, 2.24) is 10.3 Å². The molecule has 2 aliphatic rings. The maximum atomic E-state index is 14.5. The largest absolute Gasteiger partial charge is 0.393 e. The van der Waals surface area contributed by atoms with Crippen molar-refractivity contribution in [1.29, 1.82) is 10.7 Å². The molecule has 2 N–H and O–H groups in total. The fourth-order valence-corrected chi connectivity index (χ4v) is 6.09. The van der Waals surface area contributed by atoms with Gasteiger partial charge in [-0.15, -0.1) is 22.7 Å². The molecule has 0 radical (unpaired) electrons. The molecular formula is C19H16BF3N4S2. The quantitative estimate of drug-likeness (QED) is 0.637. The average Bonchev–Trinajstić information content (AvgIpc) is 3.23. The van der Waals surface area contributed by atoms with E-state index in [1.54, 1.807) is 25.4 Å². The molecule has 10 heteroatoms. The highest BCUT2D eigenvalue weighted by Crippen LogP contribution is 2.49. The molecular weight excluding hydrogens is 416 g/mol. The van der Waals surface area contributed by atoms with E-state index in [4.69, 9.17) is 10.7 Å². The third-order valence-electron chi connectivity index (χ3n) is 5.13. The van der Waals surface area contributed by atoms with Crippen molar-refractivity contribution in [2.45, 2.75) is 30.9 Å². The SMILES string of the molecule is CN/C=C1/C=C(c2nc3sc(C4CCB(C#N)CC4(F)F)cc3s2)C=C(F)C1=N. The van der Waals surface area contributed by atoms with Gasteiger partial charge in [-0.1, -0.05) is 6.32 Å². The minimum atomic E-state index is -2.90. The first-order chi connectivity index (χ1) is 13.8. The fraction of sp³-hybridized carbons (Fsp3) is 0.316. The van der Waals surface area contributed by atoms with E-state index in [-0.39, 0.29) is 12.1 Å². The zero-order valence-electron chi connectivity index (χ0n) is 15.4. The predicted octanol–water partition coefficient (Wildman–Crippen LogP) is 5.41. The van der Waals surface area contributed by atoms with E-state index in [2.05, 4.69) is 10.3 Å². The van der Waals surface area contributed by atoms with Crippen molar-refractivity contribution < 1.29 is 13.2 Å². The summed E-state index contributed by atoms with van der Waals surface area (Å²) in [4.78, 5) is 5.76. The van der Waals surface area contributed by atoms with Crippen molar-refractivity contribution in [3.8, 4) is 5.97 Å². The van der Waals surface area contributed by atoms with Gasteiger partial charge in [0.1, 0.15) is 15.7 Å². The normalized spacial score (nSPS) is 23.1. The topological polar surface area (TPSA) is 72.6 Å². The third kappa shape index (κ3) is 3.65. The Labute approximate surface area is 174 Å². The van der Waals surface area contributed by atoms with Gasteiger partial charge in [-0.3, -0.25) is 5.41 Å². The molecule has 1 fully saturated rings. The molecule has 0 amide bonds. The van der Waals surface area contributed by atoms with Gasteiger partial charge in [0, 0.05) is 41.6 Å². The van der Waals surface area contributed by atoms with Crippen LogP contribution in [-0.2, 0) is 0 Å². The van der Waals surface area contributed by atoms with Gasteiger partial charge < -0.3 is 5.32 Å². The predicted molar refractivity (Wildman–Crippen MR) is 113 cm³/mol. The van der Waals surface area contributed by atoms with Crippen LogP contribution in [0.15, 0.2) is 35.8 Å². The van der Waals surface area contributed by atoms with Crippen LogP contribution in [0, 0.1) is 16.6 Å². The molecule has 0 aromatic carbocycles. The first-order valence-corrected chi connectivity index (χ1v) is 10.7. The number of hydrogen-bond acceptors (Lipinski definition) is 6. The monoisotopic (exact) mass is 432 g/mol. The number of alkyl halides is 2. The van der Waals surface area contributed by atoms with Crippen LogP contribution in [-0.4, -0.2) is 30.4 Å². The number of aromatic nitrogens is 1. The first-order valence-electron chi connectivity index (χ1n) is 9.06. The third-order valence-corrected chi connectivity index (χ3v) is 7.46. The highest BCUT2D eigenvalue weighted by atomic mass is 32.1. The highest BCUT2D eigenvalue weighted by Gasteiger charge is 2.48. The molecule has 0 spiro atoms. The molecule has 1 unspecified atom stereocenters. The van der Waals surface area contributed by atoms with E-state index < -0.39 is 30.7 Å². The number of nitrogens with one attached hydrogen (secondary N) is 2. The van der Waals surface area contributed by atoms with E-state index in [1.165, 1.54) is 28.7 Å². The summed E-state index contributed by atoms with van der Waals surface area (Å²) in [5.41, 5.74) is 0.768. The van der Waals surface area contributed by atoms with Crippen molar-refractivity contribution in [3.63, 3.8) is 0 Å². The number of thiazole rings is 1. The number of nitrogens with zero attached hydrogens (tertiary/aromatic N) is 2. The summed E-state index contributed by atoms with van der Waals surface area (Å²) in [6.07, 6.45) is 4.86. The Kier molecular flexibility index (Phi) is 5.13. The molecule has 148 valence electrons. The summed E-state index contributed by atoms with van der Waals surface area (Å²) in [5.74, 6) is -2.47. The van der Waals surface area contributed by atoms with Gasteiger partial charge in [0.2, 0.25) is 0 Å². The van der Waals surface area contributed by atoms with Gasteiger partial charge in [0.15, 0.2) is 0 Å². The summed E-state index contributed by atoms with van der Waals surface area (Å²) in [5, 5.41) is 20.1. The molecule has 4 rings (SSSR count). The Bertz CT molecular complexity index is 1090. The second kappa shape index (κ2) is 7.46. The maximum Gasteiger partial charge on any atom is 0.273 e. The minimum Gasteiger partial charge on any atom is -0.393 e. The Morgan fingerprint density at radius 2 is 2.21 bits per heavy atom. The minimum absolute atomic E-state index is 0.195. The molecule has 1 saturated heterocycles. The number of nitriles is 1. The molecule has 2 aromatic heterocycles. The number of thiophene rings is 1. The Morgan fingerprint density at radius 3 is 2.86 bits per heavy atom. The summed E-state index contributed by atoms with van der Waals surface area (Å²) in [7, 11) is 1.67.